The minimum absolute atomic E-state index is 0.322. The van der Waals surface area contributed by atoms with Gasteiger partial charge in [0.05, 0.1) is 48.1 Å². The maximum Gasteiger partial charge on any atom is 0.218 e. The van der Waals surface area contributed by atoms with Gasteiger partial charge in [0.1, 0.15) is 11.6 Å². The van der Waals surface area contributed by atoms with E-state index in [1.807, 2.05) is 12.1 Å². The Labute approximate surface area is 159 Å². The molecule has 5 rings (SSSR count). The third kappa shape index (κ3) is 2.98. The molecule has 0 saturated carbocycles. The number of benzene rings is 1. The maximum absolute atomic E-state index is 13.7. The van der Waals surface area contributed by atoms with Gasteiger partial charge < -0.3 is 9.47 Å². The Morgan fingerprint density at radius 3 is 2.89 bits per heavy atom. The van der Waals surface area contributed by atoms with Gasteiger partial charge in [-0.25, -0.2) is 9.49 Å². The molecule has 0 amide bonds. The van der Waals surface area contributed by atoms with Crippen molar-refractivity contribution >= 4 is 23.1 Å². The molecule has 140 valence electrons. The average molecular weight is 377 g/mol. The molecule has 7 nitrogen and oxygen atoms in total. The quantitative estimate of drug-likeness (QED) is 0.486. The number of pyridine rings is 1. The molecule has 0 radical (unpaired) electrons. The Bertz CT molecular complexity index is 1180. The van der Waals surface area contributed by atoms with Crippen LogP contribution in [0.3, 0.4) is 0 Å². The number of fused-ring (bicyclic) bond motifs is 4. The number of hydrogen-bond acceptors (Lipinski definition) is 5. The van der Waals surface area contributed by atoms with Crippen LogP contribution in [0.25, 0.3) is 34.3 Å². The smallest absolute Gasteiger partial charge is 0.218 e. The van der Waals surface area contributed by atoms with Gasteiger partial charge in [0.2, 0.25) is 5.88 Å². The molecule has 0 unspecified atom stereocenters. The minimum Gasteiger partial charge on any atom is -0.493 e. The largest absolute Gasteiger partial charge is 0.493 e. The molecule has 3 aromatic heterocycles. The number of hydrogen-bond donors (Lipinski definition) is 2. The molecule has 0 spiro atoms. The molecule has 2 bridgehead atoms. The van der Waals surface area contributed by atoms with Gasteiger partial charge in [0.25, 0.3) is 0 Å². The van der Waals surface area contributed by atoms with E-state index in [-0.39, 0.29) is 5.82 Å². The van der Waals surface area contributed by atoms with Crippen LogP contribution in [-0.4, -0.2) is 38.6 Å². The van der Waals surface area contributed by atoms with Crippen LogP contribution in [0.15, 0.2) is 36.7 Å². The molecule has 8 heteroatoms. The highest BCUT2D eigenvalue weighted by Gasteiger charge is 2.14. The van der Waals surface area contributed by atoms with Gasteiger partial charge in [0, 0.05) is 17.4 Å². The van der Waals surface area contributed by atoms with Gasteiger partial charge >= 0.3 is 0 Å². The first-order valence-corrected chi connectivity index (χ1v) is 8.89. The van der Waals surface area contributed by atoms with Crippen LogP contribution >= 0.6 is 0 Å². The van der Waals surface area contributed by atoms with Crippen molar-refractivity contribution in [3.63, 3.8) is 0 Å². The van der Waals surface area contributed by atoms with E-state index in [0.717, 1.165) is 27.9 Å². The highest BCUT2D eigenvalue weighted by Crippen LogP contribution is 2.30. The molecule has 1 aliphatic heterocycles. The summed E-state index contributed by atoms with van der Waals surface area (Å²) in [7, 11) is 0. The monoisotopic (exact) mass is 377 g/mol. The van der Waals surface area contributed by atoms with Gasteiger partial charge in [-0.3, -0.25) is 10.1 Å². The van der Waals surface area contributed by atoms with E-state index in [9.17, 15) is 4.39 Å². The van der Waals surface area contributed by atoms with Crippen LogP contribution in [0, 0.1) is 5.82 Å². The van der Waals surface area contributed by atoms with Crippen LogP contribution in [0.4, 0.5) is 4.39 Å². The summed E-state index contributed by atoms with van der Waals surface area (Å²) >= 11 is 0. The lowest BCUT2D eigenvalue weighted by Gasteiger charge is -2.10. The topological polar surface area (TPSA) is 88.7 Å². The van der Waals surface area contributed by atoms with Gasteiger partial charge in [-0.1, -0.05) is 0 Å². The molecule has 0 fully saturated rings. The van der Waals surface area contributed by atoms with Crippen molar-refractivity contribution in [1.82, 2.24) is 25.4 Å². The molecular weight excluding hydrogens is 361 g/mol. The fourth-order valence-corrected chi connectivity index (χ4v) is 3.14. The highest BCUT2D eigenvalue weighted by atomic mass is 19.1. The summed E-state index contributed by atoms with van der Waals surface area (Å²) in [4.78, 5) is 4.48. The average Bonchev–Trinajstić information content (AvgIpc) is 3.33. The molecular formula is C20H16FN5O2. The van der Waals surface area contributed by atoms with E-state index in [2.05, 4.69) is 25.4 Å². The van der Waals surface area contributed by atoms with Crippen molar-refractivity contribution in [3.8, 4) is 22.9 Å². The highest BCUT2D eigenvalue weighted by molar-refractivity contribution is 5.91. The van der Waals surface area contributed by atoms with Gasteiger partial charge in [-0.15, -0.1) is 0 Å². The van der Waals surface area contributed by atoms with Gasteiger partial charge in [-0.2, -0.15) is 10.2 Å². The first kappa shape index (κ1) is 16.5. The lowest BCUT2D eigenvalue weighted by atomic mass is 10.1. The van der Waals surface area contributed by atoms with Gasteiger partial charge in [-0.05, 0) is 36.4 Å². The molecule has 1 aliphatic rings. The van der Waals surface area contributed by atoms with Crippen molar-refractivity contribution in [1.29, 1.82) is 0 Å². The number of ether oxygens (including phenoxy) is 2. The SMILES string of the molecule is Fc1ccc2c(c1)/C=C/c1n[nH]c3cnc(cc13)-c1cn[nH]c1OCCCO2. The van der Waals surface area contributed by atoms with Crippen molar-refractivity contribution in [2.24, 2.45) is 0 Å². The number of nitrogens with one attached hydrogen (secondary N) is 2. The summed E-state index contributed by atoms with van der Waals surface area (Å²) in [5, 5.41) is 15.1. The summed E-state index contributed by atoms with van der Waals surface area (Å²) in [5.41, 5.74) is 3.67. The predicted molar refractivity (Wildman–Crippen MR) is 102 cm³/mol. The second kappa shape index (κ2) is 6.80. The van der Waals surface area contributed by atoms with Crippen molar-refractivity contribution in [3.05, 3.63) is 53.7 Å². The van der Waals surface area contributed by atoms with E-state index < -0.39 is 0 Å². The first-order valence-electron chi connectivity index (χ1n) is 8.89. The van der Waals surface area contributed by atoms with Crippen LogP contribution < -0.4 is 9.47 Å². The molecule has 4 aromatic rings. The Kier molecular flexibility index (Phi) is 4.01. The lowest BCUT2D eigenvalue weighted by Crippen LogP contribution is -2.06. The minimum atomic E-state index is -0.322. The summed E-state index contributed by atoms with van der Waals surface area (Å²) < 4.78 is 25.4. The van der Waals surface area contributed by atoms with Crippen molar-refractivity contribution < 1.29 is 13.9 Å². The summed E-state index contributed by atoms with van der Waals surface area (Å²) in [6, 6.07) is 6.39. The van der Waals surface area contributed by atoms with E-state index in [0.29, 0.717) is 36.8 Å². The Morgan fingerprint density at radius 1 is 1.00 bits per heavy atom. The summed E-state index contributed by atoms with van der Waals surface area (Å²) in [6.45, 7) is 0.884. The fraction of sp³-hybridized carbons (Fsp3) is 0.150. The van der Waals surface area contributed by atoms with E-state index in [4.69, 9.17) is 9.47 Å². The number of aromatic nitrogens is 5. The lowest BCUT2D eigenvalue weighted by molar-refractivity contribution is 0.242. The van der Waals surface area contributed by atoms with E-state index >= 15 is 0 Å². The molecule has 0 aliphatic carbocycles. The first-order chi connectivity index (χ1) is 13.8. The number of aromatic amines is 2. The predicted octanol–water partition coefficient (Wildman–Crippen LogP) is 3.82. The van der Waals surface area contributed by atoms with Crippen molar-refractivity contribution in [2.75, 3.05) is 13.2 Å². The second-order valence-corrected chi connectivity index (χ2v) is 6.40. The molecule has 1 aromatic carbocycles. The number of halogens is 1. The number of rotatable bonds is 0. The molecule has 4 heterocycles. The van der Waals surface area contributed by atoms with Crippen molar-refractivity contribution in [2.45, 2.75) is 6.42 Å². The zero-order valence-corrected chi connectivity index (χ0v) is 14.8. The Hall–Kier alpha value is -3.68. The van der Waals surface area contributed by atoms with Crippen LogP contribution in [-0.2, 0) is 0 Å². The third-order valence-electron chi connectivity index (χ3n) is 4.54. The third-order valence-corrected chi connectivity index (χ3v) is 4.54. The maximum atomic E-state index is 13.7. The van der Waals surface area contributed by atoms with E-state index in [1.54, 1.807) is 24.5 Å². The summed E-state index contributed by atoms with van der Waals surface area (Å²) in [6.07, 6.45) is 7.70. The normalized spacial score (nSPS) is 15.0. The van der Waals surface area contributed by atoms with Gasteiger partial charge in [0.15, 0.2) is 0 Å². The van der Waals surface area contributed by atoms with Crippen LogP contribution in [0.5, 0.6) is 11.6 Å². The standard InChI is InChI=1S/C20H16FN5O2/c21-13-3-5-19-12(8-13)2-4-16-14-9-17(22-11-18(14)25-24-16)15-10-23-26-20(15)28-7-1-6-27-19/h2-5,8-11H,1,6-7H2,(H,23,26)(H,24,25)/b4-2+. The molecule has 28 heavy (non-hydrogen) atoms. The van der Waals surface area contributed by atoms with Crippen LogP contribution in [0.2, 0.25) is 0 Å². The summed E-state index contributed by atoms with van der Waals surface area (Å²) in [5.74, 6) is 0.847. The fourth-order valence-electron chi connectivity index (χ4n) is 3.14. The molecule has 0 saturated heterocycles. The second-order valence-electron chi connectivity index (χ2n) is 6.40. The van der Waals surface area contributed by atoms with Crippen LogP contribution in [0.1, 0.15) is 17.7 Å². The molecule has 2 N–H and O–H groups in total. The Morgan fingerprint density at radius 2 is 1.93 bits per heavy atom. The Balaban J connectivity index is 1.65. The zero-order chi connectivity index (χ0) is 18.9. The van der Waals surface area contributed by atoms with E-state index in [1.165, 1.54) is 12.1 Å². The number of H-pyrrole nitrogens is 2. The number of nitrogens with zero attached hydrogens (tertiary/aromatic N) is 3. The zero-order valence-electron chi connectivity index (χ0n) is 14.8. The molecule has 0 atom stereocenters.